The number of guanidine groups is 1. The molecule has 0 aliphatic heterocycles. The summed E-state index contributed by atoms with van der Waals surface area (Å²) < 4.78 is 26.2. The molecule has 2 rings (SSSR count). The first-order valence-corrected chi connectivity index (χ1v) is 10.9. The highest BCUT2D eigenvalue weighted by Crippen LogP contribution is 2.18. The Morgan fingerprint density at radius 2 is 1.53 bits per heavy atom. The molecular formula is C21H29N5O3S. The molecule has 2 N–H and O–H groups in total. The first-order valence-electron chi connectivity index (χ1n) is 9.42. The van der Waals surface area contributed by atoms with Gasteiger partial charge in [-0.05, 0) is 29.3 Å². The third kappa shape index (κ3) is 5.80. The van der Waals surface area contributed by atoms with Crippen LogP contribution >= 0.6 is 0 Å². The number of hydrogen-bond donors (Lipinski definition) is 2. The summed E-state index contributed by atoms with van der Waals surface area (Å²) in [5.74, 6) is 0.499. The molecule has 0 aliphatic rings. The number of sulfonamides is 1. The van der Waals surface area contributed by atoms with Gasteiger partial charge >= 0.3 is 0 Å². The maximum atomic E-state index is 12.5. The highest BCUT2D eigenvalue weighted by molar-refractivity contribution is 7.89. The summed E-state index contributed by atoms with van der Waals surface area (Å²) in [5.41, 5.74) is 2.27. The topological polar surface area (TPSA) is 94.1 Å². The Labute approximate surface area is 178 Å². The van der Waals surface area contributed by atoms with Crippen LogP contribution in [0, 0.1) is 0 Å². The molecule has 0 saturated heterocycles. The Hall–Kier alpha value is -2.91. The maximum absolute atomic E-state index is 12.5. The lowest BCUT2D eigenvalue weighted by molar-refractivity contribution is 0.0827. The molecular weight excluding hydrogens is 402 g/mol. The van der Waals surface area contributed by atoms with Gasteiger partial charge in [0.25, 0.3) is 5.91 Å². The SMILES string of the molecule is CN=C(NCc1ccc(C(=O)N(C)C)cc1)NCc1ccccc1S(=O)(=O)N(C)C. The third-order valence-corrected chi connectivity index (χ3v) is 6.38. The minimum atomic E-state index is -3.53. The molecule has 0 fully saturated rings. The van der Waals surface area contributed by atoms with Crippen molar-refractivity contribution in [1.29, 1.82) is 0 Å². The van der Waals surface area contributed by atoms with E-state index in [2.05, 4.69) is 15.6 Å². The number of rotatable bonds is 7. The molecule has 1 amide bonds. The van der Waals surface area contributed by atoms with Crippen LogP contribution in [-0.2, 0) is 23.1 Å². The summed E-state index contributed by atoms with van der Waals surface area (Å²) in [6.07, 6.45) is 0. The van der Waals surface area contributed by atoms with E-state index in [0.29, 0.717) is 30.2 Å². The lowest BCUT2D eigenvalue weighted by atomic mass is 10.1. The van der Waals surface area contributed by atoms with Crippen LogP contribution in [0.1, 0.15) is 21.5 Å². The predicted octanol–water partition coefficient (Wildman–Crippen LogP) is 1.50. The van der Waals surface area contributed by atoms with Gasteiger partial charge in [-0.25, -0.2) is 12.7 Å². The molecule has 0 unspecified atom stereocenters. The van der Waals surface area contributed by atoms with E-state index in [9.17, 15) is 13.2 Å². The van der Waals surface area contributed by atoms with Crippen LogP contribution in [0.4, 0.5) is 0 Å². The van der Waals surface area contributed by atoms with Crippen LogP contribution in [0.15, 0.2) is 58.4 Å². The molecule has 0 spiro atoms. The quantitative estimate of drug-likeness (QED) is 0.512. The zero-order valence-corrected chi connectivity index (χ0v) is 18.8. The van der Waals surface area contributed by atoms with E-state index in [1.807, 2.05) is 12.1 Å². The number of nitrogens with zero attached hydrogens (tertiary/aromatic N) is 3. The van der Waals surface area contributed by atoms with Gasteiger partial charge in [0, 0.05) is 53.9 Å². The number of hydrogen-bond acceptors (Lipinski definition) is 4. The molecule has 0 saturated carbocycles. The van der Waals surface area contributed by atoms with Gasteiger partial charge in [0.2, 0.25) is 10.0 Å². The number of carbonyl (C=O) groups excluding carboxylic acids is 1. The van der Waals surface area contributed by atoms with Gasteiger partial charge in [-0.15, -0.1) is 0 Å². The van der Waals surface area contributed by atoms with Gasteiger partial charge in [0.1, 0.15) is 0 Å². The predicted molar refractivity (Wildman–Crippen MR) is 119 cm³/mol. The maximum Gasteiger partial charge on any atom is 0.253 e. The summed E-state index contributed by atoms with van der Waals surface area (Å²) in [5, 5.41) is 6.34. The van der Waals surface area contributed by atoms with Crippen LogP contribution < -0.4 is 10.6 Å². The lowest BCUT2D eigenvalue weighted by Gasteiger charge is -2.17. The fourth-order valence-corrected chi connectivity index (χ4v) is 3.82. The van der Waals surface area contributed by atoms with Crippen LogP contribution in [0.2, 0.25) is 0 Å². The number of amides is 1. The molecule has 8 nitrogen and oxygen atoms in total. The van der Waals surface area contributed by atoms with Gasteiger partial charge < -0.3 is 15.5 Å². The van der Waals surface area contributed by atoms with Crippen molar-refractivity contribution in [1.82, 2.24) is 19.8 Å². The molecule has 0 bridgehead atoms. The highest BCUT2D eigenvalue weighted by atomic mass is 32.2. The van der Waals surface area contributed by atoms with Crippen molar-refractivity contribution in [3.63, 3.8) is 0 Å². The van der Waals surface area contributed by atoms with E-state index in [4.69, 9.17) is 0 Å². The summed E-state index contributed by atoms with van der Waals surface area (Å²) in [7, 11) is 4.57. The zero-order chi connectivity index (χ0) is 22.3. The fraction of sp³-hybridized carbons (Fsp3) is 0.333. The van der Waals surface area contributed by atoms with Gasteiger partial charge in [0.05, 0.1) is 4.90 Å². The van der Waals surface area contributed by atoms with Gasteiger partial charge in [-0.1, -0.05) is 30.3 Å². The third-order valence-electron chi connectivity index (χ3n) is 4.47. The first-order chi connectivity index (χ1) is 14.2. The molecule has 0 atom stereocenters. The Morgan fingerprint density at radius 1 is 0.933 bits per heavy atom. The minimum Gasteiger partial charge on any atom is -0.352 e. The van der Waals surface area contributed by atoms with Crippen LogP contribution in [0.5, 0.6) is 0 Å². The van der Waals surface area contributed by atoms with Crippen molar-refractivity contribution >= 4 is 21.9 Å². The van der Waals surface area contributed by atoms with Crippen molar-refractivity contribution in [3.8, 4) is 0 Å². The smallest absolute Gasteiger partial charge is 0.253 e. The second kappa shape index (κ2) is 10.2. The van der Waals surface area contributed by atoms with Crippen molar-refractivity contribution in [2.45, 2.75) is 18.0 Å². The first kappa shape index (κ1) is 23.4. The van der Waals surface area contributed by atoms with E-state index in [1.165, 1.54) is 23.3 Å². The summed E-state index contributed by atoms with van der Waals surface area (Å²) in [6, 6.07) is 14.2. The highest BCUT2D eigenvalue weighted by Gasteiger charge is 2.20. The minimum absolute atomic E-state index is 0.0432. The summed E-state index contributed by atoms with van der Waals surface area (Å²) >= 11 is 0. The average Bonchev–Trinajstić information content (AvgIpc) is 2.73. The van der Waals surface area contributed by atoms with Gasteiger partial charge in [0.15, 0.2) is 5.96 Å². The monoisotopic (exact) mass is 431 g/mol. The van der Waals surface area contributed by atoms with E-state index in [1.54, 1.807) is 57.5 Å². The van der Waals surface area contributed by atoms with E-state index >= 15 is 0 Å². The van der Waals surface area contributed by atoms with Crippen LogP contribution in [0.3, 0.4) is 0 Å². The number of benzene rings is 2. The molecule has 0 aromatic heterocycles. The number of carbonyl (C=O) groups is 1. The largest absolute Gasteiger partial charge is 0.352 e. The molecule has 0 heterocycles. The average molecular weight is 432 g/mol. The fourth-order valence-electron chi connectivity index (χ4n) is 2.71. The van der Waals surface area contributed by atoms with Crippen LogP contribution in [0.25, 0.3) is 0 Å². The Kier molecular flexibility index (Phi) is 7.96. The Balaban J connectivity index is 2.01. The lowest BCUT2D eigenvalue weighted by Crippen LogP contribution is -2.36. The second-order valence-electron chi connectivity index (χ2n) is 7.07. The Morgan fingerprint density at radius 3 is 2.10 bits per heavy atom. The van der Waals surface area contributed by atoms with Crippen molar-refractivity contribution in [3.05, 3.63) is 65.2 Å². The van der Waals surface area contributed by atoms with E-state index in [0.717, 1.165) is 5.56 Å². The molecule has 2 aromatic rings. The number of nitrogens with one attached hydrogen (secondary N) is 2. The molecule has 9 heteroatoms. The Bertz CT molecular complexity index is 1000. The number of aliphatic imine (C=N–C) groups is 1. The van der Waals surface area contributed by atoms with E-state index in [-0.39, 0.29) is 10.8 Å². The second-order valence-corrected chi connectivity index (χ2v) is 9.19. The van der Waals surface area contributed by atoms with Crippen molar-refractivity contribution in [2.24, 2.45) is 4.99 Å². The molecule has 2 aromatic carbocycles. The molecule has 162 valence electrons. The van der Waals surface area contributed by atoms with Crippen LogP contribution in [-0.4, -0.2) is 64.7 Å². The van der Waals surface area contributed by atoms with E-state index < -0.39 is 10.0 Å². The van der Waals surface area contributed by atoms with Gasteiger partial charge in [-0.2, -0.15) is 0 Å². The zero-order valence-electron chi connectivity index (χ0n) is 18.0. The van der Waals surface area contributed by atoms with Gasteiger partial charge in [-0.3, -0.25) is 9.79 Å². The summed E-state index contributed by atoms with van der Waals surface area (Å²) in [6.45, 7) is 0.812. The standard InChI is InChI=1S/C21H29N5O3S/c1-22-21(23-14-16-10-12-17(13-11-16)20(27)25(2)3)24-15-18-8-6-7-9-19(18)30(28,29)26(4)5/h6-13H,14-15H2,1-5H3,(H2,22,23,24). The molecule has 0 radical (unpaired) electrons. The molecule has 30 heavy (non-hydrogen) atoms. The summed E-state index contributed by atoms with van der Waals surface area (Å²) in [4.78, 5) is 17.9. The molecule has 0 aliphatic carbocycles. The van der Waals surface area contributed by atoms with Crippen molar-refractivity contribution < 1.29 is 13.2 Å². The van der Waals surface area contributed by atoms with Crippen molar-refractivity contribution in [2.75, 3.05) is 35.2 Å². The normalized spacial score (nSPS) is 12.0.